The molecule has 11 nitrogen and oxygen atoms in total. The first kappa shape index (κ1) is 36.1. The number of alkyl carbamates (subject to hydrolysis) is 2. The molecule has 44 heavy (non-hydrogen) atoms. The van der Waals surface area contributed by atoms with E-state index in [1.165, 1.54) is 0 Å². The maximum Gasteiger partial charge on any atom is 0.408 e. The molecule has 5 N–H and O–H groups in total. The van der Waals surface area contributed by atoms with E-state index in [1.54, 1.807) is 41.5 Å². The molecule has 0 bridgehead atoms. The van der Waals surface area contributed by atoms with E-state index in [0.717, 1.165) is 11.1 Å². The minimum Gasteiger partial charge on any atom is -0.444 e. The summed E-state index contributed by atoms with van der Waals surface area (Å²) in [5.41, 5.74) is 0.261. The summed E-state index contributed by atoms with van der Waals surface area (Å²) in [7, 11) is 0. The van der Waals surface area contributed by atoms with E-state index in [0.29, 0.717) is 12.8 Å². The van der Waals surface area contributed by atoms with Gasteiger partial charge in [0.25, 0.3) is 0 Å². The van der Waals surface area contributed by atoms with Gasteiger partial charge in [-0.15, -0.1) is 0 Å². The number of hydrogen-bond donors (Lipinski definition) is 5. The maximum absolute atomic E-state index is 13.2. The van der Waals surface area contributed by atoms with E-state index < -0.39 is 47.4 Å². The van der Waals surface area contributed by atoms with Gasteiger partial charge in [-0.25, -0.2) is 9.59 Å². The van der Waals surface area contributed by atoms with Gasteiger partial charge in [0.1, 0.15) is 23.3 Å². The first-order valence-corrected chi connectivity index (χ1v) is 14.9. The topological polar surface area (TPSA) is 155 Å². The highest BCUT2D eigenvalue weighted by molar-refractivity contribution is 5.86. The van der Waals surface area contributed by atoms with Gasteiger partial charge in [0, 0.05) is 19.4 Å². The SMILES string of the molecule is CC(C)(C)OC(=O)N[C@@H](Cc1ccccc1)C(=O)NCCC[C@@H](CO)NC(=O)[C@H](Cc1ccccc1)NC(=O)OC(C)(C)C. The molecule has 0 spiro atoms. The number of hydrogen-bond acceptors (Lipinski definition) is 7. The van der Waals surface area contributed by atoms with Crippen LogP contribution in [0.4, 0.5) is 9.59 Å². The molecule has 0 heterocycles. The predicted molar refractivity (Wildman–Crippen MR) is 168 cm³/mol. The summed E-state index contributed by atoms with van der Waals surface area (Å²) in [6.45, 7) is 10.3. The lowest BCUT2D eigenvalue weighted by Gasteiger charge is -2.25. The largest absolute Gasteiger partial charge is 0.444 e. The minimum atomic E-state index is -0.932. The van der Waals surface area contributed by atoms with E-state index >= 15 is 0 Å². The molecule has 2 aromatic carbocycles. The number of aliphatic hydroxyl groups excluding tert-OH is 1. The Labute approximate surface area is 260 Å². The molecule has 0 unspecified atom stereocenters. The van der Waals surface area contributed by atoms with Crippen molar-refractivity contribution >= 4 is 24.0 Å². The Morgan fingerprint density at radius 1 is 0.682 bits per heavy atom. The molecule has 11 heteroatoms. The number of nitrogens with one attached hydrogen (secondary N) is 4. The molecule has 0 aromatic heterocycles. The van der Waals surface area contributed by atoms with Crippen molar-refractivity contribution in [3.05, 3.63) is 71.8 Å². The lowest BCUT2D eigenvalue weighted by atomic mass is 10.0. The maximum atomic E-state index is 13.2. The van der Waals surface area contributed by atoms with Crippen molar-refractivity contribution in [2.45, 2.75) is 96.6 Å². The summed E-state index contributed by atoms with van der Waals surface area (Å²) in [5, 5.41) is 20.9. The number of benzene rings is 2. The van der Waals surface area contributed by atoms with Crippen molar-refractivity contribution in [1.82, 2.24) is 21.3 Å². The zero-order valence-corrected chi connectivity index (χ0v) is 26.6. The van der Waals surface area contributed by atoms with Crippen LogP contribution in [-0.2, 0) is 31.9 Å². The average Bonchev–Trinajstić information content (AvgIpc) is 2.92. The zero-order chi connectivity index (χ0) is 32.8. The van der Waals surface area contributed by atoms with Crippen LogP contribution in [0.25, 0.3) is 0 Å². The molecule has 0 saturated carbocycles. The highest BCUT2D eigenvalue weighted by Crippen LogP contribution is 2.11. The summed E-state index contributed by atoms with van der Waals surface area (Å²) >= 11 is 0. The summed E-state index contributed by atoms with van der Waals surface area (Å²) in [5.74, 6) is -0.846. The van der Waals surface area contributed by atoms with Crippen LogP contribution in [0, 0.1) is 0 Å². The molecule has 0 aliphatic rings. The summed E-state index contributed by atoms with van der Waals surface area (Å²) in [4.78, 5) is 51.1. The molecule has 0 radical (unpaired) electrons. The van der Waals surface area contributed by atoms with Gasteiger partial charge in [0.05, 0.1) is 12.6 Å². The second-order valence-corrected chi connectivity index (χ2v) is 12.6. The van der Waals surface area contributed by atoms with Crippen LogP contribution < -0.4 is 21.3 Å². The fraction of sp³-hybridized carbons (Fsp3) is 0.515. The van der Waals surface area contributed by atoms with Gasteiger partial charge in [-0.05, 0) is 65.5 Å². The van der Waals surface area contributed by atoms with Gasteiger partial charge in [-0.2, -0.15) is 0 Å². The molecule has 242 valence electrons. The summed E-state index contributed by atoms with van der Waals surface area (Å²) in [6.07, 6.45) is -0.119. The standard InChI is InChI=1S/C33H48N4O7/c1-32(2,3)43-30(41)36-26(20-23-14-9-7-10-15-23)28(39)34-19-13-18-25(22-38)35-29(40)27(21-24-16-11-8-12-17-24)37-31(42)44-33(4,5)6/h7-12,14-17,25-27,38H,13,18-22H2,1-6H3,(H,34,39)(H,35,40)(H,36,41)(H,37,42)/t25-,26-,27-/m0/s1. The molecule has 0 fully saturated rings. The van der Waals surface area contributed by atoms with Crippen molar-refractivity contribution in [1.29, 1.82) is 0 Å². The first-order valence-electron chi connectivity index (χ1n) is 14.9. The second-order valence-electron chi connectivity index (χ2n) is 12.6. The molecular formula is C33H48N4O7. The van der Waals surface area contributed by atoms with Gasteiger partial charge in [0.2, 0.25) is 11.8 Å². The van der Waals surface area contributed by atoms with Crippen LogP contribution in [0.5, 0.6) is 0 Å². The van der Waals surface area contributed by atoms with Crippen molar-refractivity contribution in [2.24, 2.45) is 0 Å². The van der Waals surface area contributed by atoms with Crippen molar-refractivity contribution in [3.63, 3.8) is 0 Å². The molecule has 2 rings (SSSR count). The van der Waals surface area contributed by atoms with Crippen molar-refractivity contribution in [3.8, 4) is 0 Å². The quantitative estimate of drug-likeness (QED) is 0.204. The predicted octanol–water partition coefficient (Wildman–Crippen LogP) is 3.63. The third-order valence-corrected chi connectivity index (χ3v) is 6.18. The minimum absolute atomic E-state index is 0.230. The number of carbonyl (C=O) groups is 4. The molecule has 0 aliphatic carbocycles. The number of amides is 4. The molecule has 0 aliphatic heterocycles. The van der Waals surface area contributed by atoms with E-state index in [4.69, 9.17) is 9.47 Å². The van der Waals surface area contributed by atoms with Crippen LogP contribution in [0.3, 0.4) is 0 Å². The highest BCUT2D eigenvalue weighted by atomic mass is 16.6. The van der Waals surface area contributed by atoms with Gasteiger partial charge in [0.15, 0.2) is 0 Å². The Morgan fingerprint density at radius 3 is 1.52 bits per heavy atom. The number of aliphatic hydroxyl groups is 1. The normalized spacial score (nSPS) is 13.5. The highest BCUT2D eigenvalue weighted by Gasteiger charge is 2.27. The Bertz CT molecular complexity index is 1190. The van der Waals surface area contributed by atoms with Gasteiger partial charge in [-0.3, -0.25) is 9.59 Å². The van der Waals surface area contributed by atoms with E-state index in [-0.39, 0.29) is 31.9 Å². The molecule has 4 amide bonds. The second kappa shape index (κ2) is 17.2. The fourth-order valence-electron chi connectivity index (χ4n) is 4.21. The zero-order valence-electron chi connectivity index (χ0n) is 26.6. The number of carbonyl (C=O) groups excluding carboxylic acids is 4. The van der Waals surface area contributed by atoms with Gasteiger partial charge >= 0.3 is 12.2 Å². The van der Waals surface area contributed by atoms with Crippen LogP contribution in [0.2, 0.25) is 0 Å². The van der Waals surface area contributed by atoms with E-state index in [1.807, 2.05) is 60.7 Å². The number of rotatable bonds is 14. The van der Waals surface area contributed by atoms with Gasteiger partial charge < -0.3 is 35.8 Å². The van der Waals surface area contributed by atoms with E-state index in [2.05, 4.69) is 21.3 Å². The third kappa shape index (κ3) is 14.9. The van der Waals surface area contributed by atoms with Crippen LogP contribution in [-0.4, -0.2) is 71.6 Å². The molecule has 3 atom stereocenters. The Kier molecular flexibility index (Phi) is 14.1. The fourth-order valence-corrected chi connectivity index (χ4v) is 4.21. The molecule has 0 saturated heterocycles. The van der Waals surface area contributed by atoms with E-state index in [9.17, 15) is 24.3 Å². The first-order chi connectivity index (χ1) is 20.6. The Hall–Kier alpha value is -4.12. The summed E-state index contributed by atoms with van der Waals surface area (Å²) in [6, 6.07) is 16.2. The van der Waals surface area contributed by atoms with Crippen molar-refractivity contribution in [2.75, 3.05) is 13.2 Å². The lowest BCUT2D eigenvalue weighted by molar-refractivity contribution is -0.124. The van der Waals surface area contributed by atoms with Crippen LogP contribution in [0.1, 0.15) is 65.5 Å². The molecular weight excluding hydrogens is 564 g/mol. The smallest absolute Gasteiger partial charge is 0.408 e. The molecule has 2 aromatic rings. The average molecular weight is 613 g/mol. The number of ether oxygens (including phenoxy) is 2. The summed E-state index contributed by atoms with van der Waals surface area (Å²) < 4.78 is 10.7. The Balaban J connectivity index is 1.96. The lowest BCUT2D eigenvalue weighted by Crippen LogP contribution is -2.52. The van der Waals surface area contributed by atoms with Crippen molar-refractivity contribution < 1.29 is 33.8 Å². The Morgan fingerprint density at radius 2 is 1.11 bits per heavy atom. The monoisotopic (exact) mass is 612 g/mol. The van der Waals surface area contributed by atoms with Crippen LogP contribution >= 0.6 is 0 Å². The van der Waals surface area contributed by atoms with Crippen LogP contribution in [0.15, 0.2) is 60.7 Å². The van der Waals surface area contributed by atoms with Gasteiger partial charge in [-0.1, -0.05) is 60.7 Å². The third-order valence-electron chi connectivity index (χ3n) is 6.18.